The molecular formula is C22H22ClFN4O5. The lowest BCUT2D eigenvalue weighted by Gasteiger charge is -2.19. The van der Waals surface area contributed by atoms with E-state index in [1.54, 1.807) is 12.1 Å². The van der Waals surface area contributed by atoms with Gasteiger partial charge in [-0.15, -0.1) is 0 Å². The maximum absolute atomic E-state index is 13.9. The number of halogens is 2. The maximum atomic E-state index is 13.9. The Morgan fingerprint density at radius 1 is 1.21 bits per heavy atom. The molecule has 2 heterocycles. The standard InChI is InChI=1S/C22H22ClFN4O5/c23-16-2-1-14(9-17(16)24)19(12-30)28-7-4-13(10-20(28)31)18-3-6-25-22(27-18)26-15(5-8-29)11-21(32)33/h1-4,6-7,9-10,15,19,29-30H,5,8,11-12H2,(H,32,33)(H,25,26,27)/t15?,19-/m1/s1. The number of nitrogens with one attached hydrogen (secondary N) is 1. The van der Waals surface area contributed by atoms with Crippen LogP contribution in [0.3, 0.4) is 0 Å². The molecule has 1 aromatic carbocycles. The number of aliphatic carboxylic acids is 1. The number of benzene rings is 1. The van der Waals surface area contributed by atoms with Gasteiger partial charge < -0.3 is 25.2 Å². The summed E-state index contributed by atoms with van der Waals surface area (Å²) in [5.41, 5.74) is 0.820. The molecule has 9 nitrogen and oxygen atoms in total. The second-order valence-corrected chi connectivity index (χ2v) is 7.66. The summed E-state index contributed by atoms with van der Waals surface area (Å²) in [6.45, 7) is -0.635. The minimum Gasteiger partial charge on any atom is -0.481 e. The van der Waals surface area contributed by atoms with E-state index < -0.39 is 36.0 Å². The summed E-state index contributed by atoms with van der Waals surface area (Å²) < 4.78 is 15.1. The first-order valence-corrected chi connectivity index (χ1v) is 10.4. The van der Waals surface area contributed by atoms with Crippen LogP contribution in [0.2, 0.25) is 5.02 Å². The summed E-state index contributed by atoms with van der Waals surface area (Å²) in [5.74, 6) is -1.53. The SMILES string of the molecule is O=C(O)CC(CCO)Nc1nccc(-c2ccn([C@H](CO)c3ccc(Cl)c(F)c3)c(=O)c2)n1. The molecule has 0 saturated carbocycles. The largest absolute Gasteiger partial charge is 0.481 e. The normalized spacial score (nSPS) is 12.8. The Morgan fingerprint density at radius 2 is 2.00 bits per heavy atom. The summed E-state index contributed by atoms with van der Waals surface area (Å²) in [6, 6.07) is 7.21. The number of pyridine rings is 1. The molecule has 0 spiro atoms. The third-order valence-electron chi connectivity index (χ3n) is 4.97. The molecule has 0 saturated heterocycles. The van der Waals surface area contributed by atoms with Gasteiger partial charge in [-0.05, 0) is 36.2 Å². The van der Waals surface area contributed by atoms with Crippen LogP contribution in [0, 0.1) is 5.82 Å². The van der Waals surface area contributed by atoms with Crippen LogP contribution < -0.4 is 10.9 Å². The summed E-state index contributed by atoms with van der Waals surface area (Å²) in [6.07, 6.45) is 2.90. The second kappa shape index (κ2) is 11.0. The van der Waals surface area contributed by atoms with Gasteiger partial charge >= 0.3 is 5.97 Å². The molecule has 11 heteroatoms. The fourth-order valence-electron chi connectivity index (χ4n) is 3.34. The number of rotatable bonds is 10. The maximum Gasteiger partial charge on any atom is 0.305 e. The lowest BCUT2D eigenvalue weighted by atomic mass is 10.1. The van der Waals surface area contributed by atoms with Crippen LogP contribution >= 0.6 is 11.6 Å². The molecule has 0 radical (unpaired) electrons. The van der Waals surface area contributed by atoms with E-state index in [9.17, 15) is 19.1 Å². The van der Waals surface area contributed by atoms with E-state index in [-0.39, 0.29) is 30.4 Å². The third-order valence-corrected chi connectivity index (χ3v) is 5.27. The van der Waals surface area contributed by atoms with Gasteiger partial charge in [0, 0.05) is 36.7 Å². The van der Waals surface area contributed by atoms with Gasteiger partial charge in [-0.2, -0.15) is 0 Å². The third kappa shape index (κ3) is 6.13. The first-order chi connectivity index (χ1) is 15.8. The number of carbonyl (C=O) groups is 1. The number of carboxylic acid groups (broad SMARTS) is 1. The molecule has 0 aliphatic rings. The van der Waals surface area contributed by atoms with Gasteiger partial charge in [0.1, 0.15) is 5.82 Å². The lowest BCUT2D eigenvalue weighted by Crippen LogP contribution is -2.27. The predicted octanol–water partition coefficient (Wildman–Crippen LogP) is 2.32. The van der Waals surface area contributed by atoms with Crippen molar-refractivity contribution in [3.63, 3.8) is 0 Å². The number of aromatic nitrogens is 3. The van der Waals surface area contributed by atoms with Gasteiger partial charge in [-0.3, -0.25) is 9.59 Å². The Morgan fingerprint density at radius 3 is 2.64 bits per heavy atom. The fraction of sp³-hybridized carbons (Fsp3) is 0.273. The molecular weight excluding hydrogens is 455 g/mol. The molecule has 0 bridgehead atoms. The Balaban J connectivity index is 1.87. The highest BCUT2D eigenvalue weighted by Gasteiger charge is 2.17. The molecule has 2 aromatic heterocycles. The topological polar surface area (TPSA) is 138 Å². The van der Waals surface area contributed by atoms with Crippen LogP contribution in [0.15, 0.2) is 53.6 Å². The van der Waals surface area contributed by atoms with Gasteiger partial charge in [-0.25, -0.2) is 14.4 Å². The summed E-state index contributed by atoms with van der Waals surface area (Å²) >= 11 is 5.72. The highest BCUT2D eigenvalue weighted by atomic mass is 35.5. The molecule has 0 amide bonds. The van der Waals surface area contributed by atoms with Gasteiger partial charge in [0.2, 0.25) is 5.95 Å². The van der Waals surface area contributed by atoms with Gasteiger partial charge in [0.05, 0.1) is 29.8 Å². The summed E-state index contributed by atoms with van der Waals surface area (Å²) in [4.78, 5) is 32.2. The Hall–Kier alpha value is -3.34. The Labute approximate surface area is 193 Å². The van der Waals surface area contributed by atoms with Crippen molar-refractivity contribution in [2.75, 3.05) is 18.5 Å². The van der Waals surface area contributed by atoms with Crippen LogP contribution in [0.4, 0.5) is 10.3 Å². The minimum atomic E-state index is -1.03. The van der Waals surface area contributed by atoms with Crippen molar-refractivity contribution in [1.82, 2.24) is 14.5 Å². The number of nitrogens with zero attached hydrogens (tertiary/aromatic N) is 3. The fourth-order valence-corrected chi connectivity index (χ4v) is 3.46. The van der Waals surface area contributed by atoms with Crippen LogP contribution in [0.5, 0.6) is 0 Å². The number of carboxylic acids is 1. The average molecular weight is 477 g/mol. The van der Waals surface area contributed by atoms with E-state index in [1.807, 2.05) is 0 Å². The molecule has 3 rings (SSSR count). The molecule has 0 fully saturated rings. The number of hydrogen-bond donors (Lipinski definition) is 4. The van der Waals surface area contributed by atoms with Crippen LogP contribution in [-0.2, 0) is 4.79 Å². The predicted molar refractivity (Wildman–Crippen MR) is 120 cm³/mol. The smallest absolute Gasteiger partial charge is 0.305 e. The van der Waals surface area contributed by atoms with Gasteiger partial charge in [0.15, 0.2) is 0 Å². The number of hydrogen-bond acceptors (Lipinski definition) is 7. The van der Waals surface area contributed by atoms with Gasteiger partial charge in [0.25, 0.3) is 5.56 Å². The van der Waals surface area contributed by atoms with Crippen molar-refractivity contribution in [3.05, 3.63) is 75.5 Å². The van der Waals surface area contributed by atoms with E-state index in [0.29, 0.717) is 16.8 Å². The highest BCUT2D eigenvalue weighted by Crippen LogP contribution is 2.23. The number of aliphatic hydroxyl groups is 2. The summed E-state index contributed by atoms with van der Waals surface area (Å²) in [5, 5.41) is 30.8. The average Bonchev–Trinajstić information content (AvgIpc) is 2.77. The lowest BCUT2D eigenvalue weighted by molar-refractivity contribution is -0.137. The van der Waals surface area contributed by atoms with Crippen molar-refractivity contribution in [2.24, 2.45) is 0 Å². The number of aliphatic hydroxyl groups excluding tert-OH is 2. The van der Waals surface area contributed by atoms with Crippen molar-refractivity contribution in [1.29, 1.82) is 0 Å². The molecule has 4 N–H and O–H groups in total. The van der Waals surface area contributed by atoms with Crippen LogP contribution in [-0.4, -0.2) is 55.1 Å². The Bertz CT molecular complexity index is 1190. The molecule has 0 aliphatic heterocycles. The molecule has 2 atom stereocenters. The monoisotopic (exact) mass is 476 g/mol. The zero-order chi connectivity index (χ0) is 24.0. The Kier molecular flexibility index (Phi) is 8.10. The van der Waals surface area contributed by atoms with E-state index >= 15 is 0 Å². The van der Waals surface area contributed by atoms with Gasteiger partial charge in [-0.1, -0.05) is 17.7 Å². The van der Waals surface area contributed by atoms with E-state index in [1.165, 1.54) is 41.2 Å². The zero-order valence-electron chi connectivity index (χ0n) is 17.4. The first-order valence-electron chi connectivity index (χ1n) is 10.0. The molecule has 0 aliphatic carbocycles. The van der Waals surface area contributed by atoms with Crippen molar-refractivity contribution < 1.29 is 24.5 Å². The van der Waals surface area contributed by atoms with Crippen molar-refractivity contribution >= 4 is 23.5 Å². The number of anilines is 1. The van der Waals surface area contributed by atoms with E-state index in [2.05, 4.69) is 15.3 Å². The van der Waals surface area contributed by atoms with E-state index in [4.69, 9.17) is 21.8 Å². The minimum absolute atomic E-state index is 0.0594. The van der Waals surface area contributed by atoms with Crippen LogP contribution in [0.25, 0.3) is 11.3 Å². The van der Waals surface area contributed by atoms with E-state index in [0.717, 1.165) is 0 Å². The highest BCUT2D eigenvalue weighted by molar-refractivity contribution is 6.30. The van der Waals surface area contributed by atoms with Crippen LogP contribution in [0.1, 0.15) is 24.4 Å². The zero-order valence-corrected chi connectivity index (χ0v) is 18.1. The summed E-state index contributed by atoms with van der Waals surface area (Å²) in [7, 11) is 0. The molecule has 3 aromatic rings. The molecule has 33 heavy (non-hydrogen) atoms. The first kappa shape index (κ1) is 24.3. The van der Waals surface area contributed by atoms with Crippen molar-refractivity contribution in [3.8, 4) is 11.3 Å². The second-order valence-electron chi connectivity index (χ2n) is 7.25. The van der Waals surface area contributed by atoms with Crippen molar-refractivity contribution in [2.45, 2.75) is 24.9 Å². The molecule has 174 valence electrons. The molecule has 1 unspecified atom stereocenters. The quantitative estimate of drug-likeness (QED) is 0.350.